The van der Waals surface area contributed by atoms with Gasteiger partial charge in [-0.05, 0) is 0 Å². The van der Waals surface area contributed by atoms with Crippen LogP contribution in [0, 0.1) is 0 Å². The van der Waals surface area contributed by atoms with Gasteiger partial charge in [-0.15, -0.1) is 0 Å². The summed E-state index contributed by atoms with van der Waals surface area (Å²) in [5.74, 6) is -1.08. The molecule has 0 aromatic carbocycles. The second-order valence-electron chi connectivity index (χ2n) is 2.33. The zero-order valence-corrected chi connectivity index (χ0v) is 5.77. The summed E-state index contributed by atoms with van der Waals surface area (Å²) in [6.45, 7) is 0. The molecule has 0 amide bonds. The summed E-state index contributed by atoms with van der Waals surface area (Å²) in [6, 6.07) is -0.808. The van der Waals surface area contributed by atoms with Crippen molar-refractivity contribution in [3.63, 3.8) is 0 Å². The SMILES string of the molecule is NC1C(C(=O)O)=CC=C[C@H]1O. The highest BCUT2D eigenvalue weighted by molar-refractivity contribution is 5.89. The number of carboxylic acid groups (broad SMARTS) is 1. The van der Waals surface area contributed by atoms with Crippen LogP contribution < -0.4 is 5.73 Å². The van der Waals surface area contributed by atoms with Gasteiger partial charge in [0.1, 0.15) is 0 Å². The molecule has 1 aliphatic carbocycles. The summed E-state index contributed by atoms with van der Waals surface area (Å²) < 4.78 is 0. The van der Waals surface area contributed by atoms with Gasteiger partial charge in [-0.25, -0.2) is 4.79 Å². The molecule has 0 aromatic rings. The molecule has 1 rings (SSSR count). The van der Waals surface area contributed by atoms with Crippen molar-refractivity contribution in [1.82, 2.24) is 0 Å². The first-order chi connectivity index (χ1) is 5.13. The Balaban J connectivity index is 2.87. The van der Waals surface area contributed by atoms with Crippen molar-refractivity contribution >= 4 is 5.97 Å². The number of aliphatic hydroxyl groups excluding tert-OH is 1. The van der Waals surface area contributed by atoms with Crippen molar-refractivity contribution in [3.05, 3.63) is 23.8 Å². The van der Waals surface area contributed by atoms with Gasteiger partial charge in [0.05, 0.1) is 17.7 Å². The molecule has 1 aliphatic rings. The predicted octanol–water partition coefficient (Wildman–Crippen LogP) is -0.745. The Kier molecular flexibility index (Phi) is 2.07. The number of nitrogens with two attached hydrogens (primary N) is 1. The van der Waals surface area contributed by atoms with Crippen LogP contribution in [0.15, 0.2) is 23.8 Å². The van der Waals surface area contributed by atoms with Crippen LogP contribution in [0.25, 0.3) is 0 Å². The van der Waals surface area contributed by atoms with Crippen molar-refractivity contribution in [3.8, 4) is 0 Å². The molecule has 4 heteroatoms. The van der Waals surface area contributed by atoms with Crippen LogP contribution in [-0.4, -0.2) is 28.3 Å². The van der Waals surface area contributed by atoms with Crippen LogP contribution in [-0.2, 0) is 4.79 Å². The molecule has 0 fully saturated rings. The van der Waals surface area contributed by atoms with Crippen molar-refractivity contribution in [2.24, 2.45) is 5.73 Å². The van der Waals surface area contributed by atoms with Gasteiger partial charge in [0.15, 0.2) is 0 Å². The average molecular weight is 155 g/mol. The monoisotopic (exact) mass is 155 g/mol. The van der Waals surface area contributed by atoms with Gasteiger partial charge in [0.2, 0.25) is 0 Å². The normalized spacial score (nSPS) is 29.8. The fourth-order valence-electron chi connectivity index (χ4n) is 0.902. The minimum Gasteiger partial charge on any atom is -0.478 e. The molecule has 0 aliphatic heterocycles. The van der Waals surface area contributed by atoms with Crippen molar-refractivity contribution < 1.29 is 15.0 Å². The van der Waals surface area contributed by atoms with Crippen molar-refractivity contribution in [2.45, 2.75) is 12.1 Å². The molecule has 11 heavy (non-hydrogen) atoms. The fourth-order valence-corrected chi connectivity index (χ4v) is 0.902. The molecule has 0 spiro atoms. The standard InChI is InChI=1S/C7H9NO3/c8-6-4(7(10)11)2-1-3-5(6)9/h1-3,5-6,9H,8H2,(H,10,11)/t5-,6?/m1/s1. The van der Waals surface area contributed by atoms with Crippen molar-refractivity contribution in [1.29, 1.82) is 0 Å². The Morgan fingerprint density at radius 2 is 2.27 bits per heavy atom. The lowest BCUT2D eigenvalue weighted by Gasteiger charge is -2.18. The van der Waals surface area contributed by atoms with Crippen LogP contribution in [0.4, 0.5) is 0 Å². The number of aliphatic carboxylic acids is 1. The Bertz CT molecular complexity index is 232. The van der Waals surface area contributed by atoms with E-state index in [4.69, 9.17) is 15.9 Å². The third kappa shape index (κ3) is 1.47. The van der Waals surface area contributed by atoms with E-state index in [1.54, 1.807) is 0 Å². The van der Waals surface area contributed by atoms with Crippen LogP contribution in [0.1, 0.15) is 0 Å². The Hall–Kier alpha value is -1.13. The maximum absolute atomic E-state index is 10.4. The summed E-state index contributed by atoms with van der Waals surface area (Å²) in [5.41, 5.74) is 5.41. The molecule has 4 N–H and O–H groups in total. The quantitative estimate of drug-likeness (QED) is 0.465. The maximum Gasteiger partial charge on any atom is 0.333 e. The zero-order valence-electron chi connectivity index (χ0n) is 5.77. The smallest absolute Gasteiger partial charge is 0.333 e. The first-order valence-electron chi connectivity index (χ1n) is 3.18. The summed E-state index contributed by atoms with van der Waals surface area (Å²) in [6.07, 6.45) is 3.44. The third-order valence-electron chi connectivity index (χ3n) is 1.56. The lowest BCUT2D eigenvalue weighted by atomic mass is 9.97. The molecule has 0 heterocycles. The molecular weight excluding hydrogens is 146 g/mol. The molecule has 4 nitrogen and oxygen atoms in total. The first kappa shape index (κ1) is 7.97. The van der Waals surface area contributed by atoms with E-state index in [1.165, 1.54) is 18.2 Å². The minimum absolute atomic E-state index is 0.0417. The van der Waals surface area contributed by atoms with E-state index in [2.05, 4.69) is 0 Å². The van der Waals surface area contributed by atoms with Gasteiger partial charge in [0, 0.05) is 0 Å². The number of allylic oxidation sites excluding steroid dienone is 2. The van der Waals surface area contributed by atoms with Crippen molar-refractivity contribution in [2.75, 3.05) is 0 Å². The van der Waals surface area contributed by atoms with Gasteiger partial charge >= 0.3 is 5.97 Å². The molecule has 0 saturated heterocycles. The second-order valence-corrected chi connectivity index (χ2v) is 2.33. The molecular formula is C7H9NO3. The molecule has 2 atom stereocenters. The maximum atomic E-state index is 10.4. The summed E-state index contributed by atoms with van der Waals surface area (Å²) >= 11 is 0. The highest BCUT2D eigenvalue weighted by Crippen LogP contribution is 2.11. The molecule has 0 radical (unpaired) electrons. The topological polar surface area (TPSA) is 83.6 Å². The molecule has 1 unspecified atom stereocenters. The highest BCUT2D eigenvalue weighted by Gasteiger charge is 2.23. The van der Waals surface area contributed by atoms with Gasteiger partial charge in [-0.2, -0.15) is 0 Å². The lowest BCUT2D eigenvalue weighted by molar-refractivity contribution is -0.133. The van der Waals surface area contributed by atoms with Gasteiger partial charge in [0.25, 0.3) is 0 Å². The van der Waals surface area contributed by atoms with E-state index in [1.807, 2.05) is 0 Å². The predicted molar refractivity (Wildman–Crippen MR) is 38.8 cm³/mol. The summed E-state index contributed by atoms with van der Waals surface area (Å²) in [4.78, 5) is 10.4. The summed E-state index contributed by atoms with van der Waals surface area (Å²) in [7, 11) is 0. The van der Waals surface area contributed by atoms with Gasteiger partial charge in [-0.1, -0.05) is 18.2 Å². The van der Waals surface area contributed by atoms with E-state index in [9.17, 15) is 4.79 Å². The Morgan fingerprint density at radius 3 is 2.73 bits per heavy atom. The zero-order chi connectivity index (χ0) is 8.43. The minimum atomic E-state index is -1.08. The largest absolute Gasteiger partial charge is 0.478 e. The van der Waals surface area contributed by atoms with Crippen LogP contribution in [0.2, 0.25) is 0 Å². The third-order valence-corrected chi connectivity index (χ3v) is 1.56. The van der Waals surface area contributed by atoms with E-state index in [0.29, 0.717) is 0 Å². The van der Waals surface area contributed by atoms with E-state index >= 15 is 0 Å². The Labute approximate surface area is 63.6 Å². The number of hydrogen-bond donors (Lipinski definition) is 3. The van der Waals surface area contributed by atoms with Crippen LogP contribution in [0.5, 0.6) is 0 Å². The number of hydrogen-bond acceptors (Lipinski definition) is 3. The number of aliphatic hydroxyl groups is 1. The molecule has 60 valence electrons. The lowest BCUT2D eigenvalue weighted by Crippen LogP contribution is -2.39. The van der Waals surface area contributed by atoms with Crippen LogP contribution >= 0.6 is 0 Å². The Morgan fingerprint density at radius 1 is 1.64 bits per heavy atom. The average Bonchev–Trinajstić information content (AvgIpc) is 1.94. The molecule has 0 saturated carbocycles. The second kappa shape index (κ2) is 2.86. The number of carbonyl (C=O) groups is 1. The van der Waals surface area contributed by atoms with Gasteiger partial charge < -0.3 is 15.9 Å². The van der Waals surface area contributed by atoms with E-state index in [0.717, 1.165) is 0 Å². The number of carboxylic acids is 1. The van der Waals surface area contributed by atoms with Crippen LogP contribution in [0.3, 0.4) is 0 Å². The fraction of sp³-hybridized carbons (Fsp3) is 0.286. The highest BCUT2D eigenvalue weighted by atomic mass is 16.4. The van der Waals surface area contributed by atoms with E-state index in [-0.39, 0.29) is 5.57 Å². The first-order valence-corrected chi connectivity index (χ1v) is 3.18. The van der Waals surface area contributed by atoms with Gasteiger partial charge in [-0.3, -0.25) is 0 Å². The molecule has 0 aromatic heterocycles. The molecule has 0 bridgehead atoms. The number of rotatable bonds is 1. The van der Waals surface area contributed by atoms with E-state index < -0.39 is 18.1 Å². The summed E-state index contributed by atoms with van der Waals surface area (Å²) in [5, 5.41) is 17.6.